The standard InChI is InChI=1S/C9H6ClF3IN/c1-5-2-3-6(14)7(4-5)15-8(10)9(11,12)13/h2-4H,1H3. The molecule has 82 valence electrons. The van der Waals surface area contributed by atoms with E-state index in [0.717, 1.165) is 5.56 Å². The molecule has 0 unspecified atom stereocenters. The summed E-state index contributed by atoms with van der Waals surface area (Å²) in [5, 5.41) is -1.36. The first kappa shape index (κ1) is 12.8. The Bertz CT molecular complexity index is 401. The Hall–Kier alpha value is -0.300. The van der Waals surface area contributed by atoms with Crippen molar-refractivity contribution < 1.29 is 13.2 Å². The minimum Gasteiger partial charge on any atom is -0.231 e. The summed E-state index contributed by atoms with van der Waals surface area (Å²) < 4.78 is 36.9. The molecule has 1 nitrogen and oxygen atoms in total. The van der Waals surface area contributed by atoms with Crippen molar-refractivity contribution in [3.8, 4) is 0 Å². The van der Waals surface area contributed by atoms with E-state index in [-0.39, 0.29) is 5.69 Å². The molecule has 0 saturated carbocycles. The van der Waals surface area contributed by atoms with Gasteiger partial charge in [-0.05, 0) is 47.2 Å². The molecule has 0 aliphatic rings. The van der Waals surface area contributed by atoms with Crippen molar-refractivity contribution in [1.29, 1.82) is 0 Å². The summed E-state index contributed by atoms with van der Waals surface area (Å²) >= 11 is 6.94. The molecule has 15 heavy (non-hydrogen) atoms. The smallest absolute Gasteiger partial charge is 0.231 e. The number of aryl methyl sites for hydroxylation is 1. The third-order valence-electron chi connectivity index (χ3n) is 1.55. The lowest BCUT2D eigenvalue weighted by Crippen LogP contribution is -2.16. The van der Waals surface area contributed by atoms with Crippen LogP contribution in [-0.2, 0) is 0 Å². The highest BCUT2D eigenvalue weighted by Gasteiger charge is 2.34. The SMILES string of the molecule is Cc1ccc(I)c(N=C(Cl)C(F)(F)F)c1. The summed E-state index contributed by atoms with van der Waals surface area (Å²) in [6.07, 6.45) is -4.59. The van der Waals surface area contributed by atoms with Gasteiger partial charge in [-0.3, -0.25) is 0 Å². The van der Waals surface area contributed by atoms with E-state index in [0.29, 0.717) is 3.57 Å². The molecule has 0 amide bonds. The van der Waals surface area contributed by atoms with Crippen LogP contribution in [0.25, 0.3) is 0 Å². The van der Waals surface area contributed by atoms with E-state index in [1.807, 2.05) is 22.6 Å². The number of nitrogens with zero attached hydrogens (tertiary/aromatic N) is 1. The van der Waals surface area contributed by atoms with E-state index in [1.54, 1.807) is 25.1 Å². The van der Waals surface area contributed by atoms with Crippen molar-refractivity contribution in [2.75, 3.05) is 0 Å². The quantitative estimate of drug-likeness (QED) is 0.526. The highest BCUT2D eigenvalue weighted by Crippen LogP contribution is 2.27. The van der Waals surface area contributed by atoms with E-state index in [9.17, 15) is 13.2 Å². The summed E-state index contributed by atoms with van der Waals surface area (Å²) in [7, 11) is 0. The van der Waals surface area contributed by atoms with E-state index in [2.05, 4.69) is 4.99 Å². The van der Waals surface area contributed by atoms with Crippen molar-refractivity contribution >= 4 is 45.1 Å². The number of benzene rings is 1. The van der Waals surface area contributed by atoms with Gasteiger partial charge < -0.3 is 0 Å². The van der Waals surface area contributed by atoms with Gasteiger partial charge in [0.2, 0.25) is 5.17 Å². The molecule has 0 saturated heterocycles. The van der Waals surface area contributed by atoms with Crippen LogP contribution in [-0.4, -0.2) is 11.3 Å². The fraction of sp³-hybridized carbons (Fsp3) is 0.222. The summed E-state index contributed by atoms with van der Waals surface area (Å²) in [6, 6.07) is 5.04. The predicted molar refractivity (Wildman–Crippen MR) is 62.9 cm³/mol. The molecule has 0 aromatic heterocycles. The molecule has 6 heteroatoms. The molecule has 0 radical (unpaired) electrons. The molecule has 0 heterocycles. The molecule has 0 atom stereocenters. The molecule has 0 aliphatic carbocycles. The summed E-state index contributed by atoms with van der Waals surface area (Å²) in [4.78, 5) is 3.34. The van der Waals surface area contributed by atoms with Gasteiger partial charge in [0.25, 0.3) is 0 Å². The van der Waals surface area contributed by atoms with Crippen molar-refractivity contribution in [1.82, 2.24) is 0 Å². The van der Waals surface area contributed by atoms with Crippen molar-refractivity contribution in [3.05, 3.63) is 27.3 Å². The van der Waals surface area contributed by atoms with Crippen LogP contribution in [0.3, 0.4) is 0 Å². The Morgan fingerprint density at radius 1 is 1.40 bits per heavy atom. The number of hydrogen-bond acceptors (Lipinski definition) is 1. The van der Waals surface area contributed by atoms with E-state index >= 15 is 0 Å². The Balaban J connectivity index is 3.13. The topological polar surface area (TPSA) is 12.4 Å². The van der Waals surface area contributed by atoms with Gasteiger partial charge >= 0.3 is 6.18 Å². The zero-order valence-electron chi connectivity index (χ0n) is 7.57. The molecule has 0 fully saturated rings. The highest BCUT2D eigenvalue weighted by molar-refractivity contribution is 14.1. The zero-order valence-corrected chi connectivity index (χ0v) is 10.5. The Labute approximate surface area is 103 Å². The molecular formula is C9H6ClF3IN. The van der Waals surface area contributed by atoms with Crippen LogP contribution >= 0.6 is 34.2 Å². The third kappa shape index (κ3) is 3.64. The predicted octanol–water partition coefficient (Wildman–Crippen LogP) is 4.43. The van der Waals surface area contributed by atoms with Crippen LogP contribution in [0.5, 0.6) is 0 Å². The summed E-state index contributed by atoms with van der Waals surface area (Å²) in [5.41, 5.74) is 1.07. The number of halogens is 5. The van der Waals surface area contributed by atoms with Crippen LogP contribution in [0.2, 0.25) is 0 Å². The minimum atomic E-state index is -4.59. The van der Waals surface area contributed by atoms with Crippen LogP contribution < -0.4 is 0 Å². The monoisotopic (exact) mass is 347 g/mol. The molecular weight excluding hydrogens is 341 g/mol. The molecule has 0 bridgehead atoms. The second-order valence-corrected chi connectivity index (χ2v) is 4.38. The number of aliphatic imine (C=N–C) groups is 1. The lowest BCUT2D eigenvalue weighted by atomic mass is 10.2. The van der Waals surface area contributed by atoms with Crippen LogP contribution in [0.1, 0.15) is 5.56 Å². The first-order valence-corrected chi connectivity index (χ1v) is 5.34. The van der Waals surface area contributed by atoms with Crippen LogP contribution in [0.4, 0.5) is 18.9 Å². The fourth-order valence-electron chi connectivity index (χ4n) is 0.878. The lowest BCUT2D eigenvalue weighted by Gasteiger charge is -2.05. The van der Waals surface area contributed by atoms with Crippen molar-refractivity contribution in [2.45, 2.75) is 13.1 Å². The molecule has 0 aliphatic heterocycles. The Kier molecular flexibility index (Phi) is 3.99. The Morgan fingerprint density at radius 3 is 2.53 bits per heavy atom. The molecule has 0 N–H and O–H groups in total. The lowest BCUT2D eigenvalue weighted by molar-refractivity contribution is -0.0558. The third-order valence-corrected chi connectivity index (χ3v) is 2.77. The van der Waals surface area contributed by atoms with Crippen LogP contribution in [0.15, 0.2) is 23.2 Å². The highest BCUT2D eigenvalue weighted by atomic mass is 127. The van der Waals surface area contributed by atoms with Gasteiger partial charge in [0.15, 0.2) is 0 Å². The first-order chi connectivity index (χ1) is 6.80. The molecule has 1 aromatic carbocycles. The van der Waals surface area contributed by atoms with E-state index in [4.69, 9.17) is 11.6 Å². The van der Waals surface area contributed by atoms with Crippen molar-refractivity contribution in [3.63, 3.8) is 0 Å². The van der Waals surface area contributed by atoms with Gasteiger partial charge in [0.1, 0.15) is 0 Å². The van der Waals surface area contributed by atoms with Gasteiger partial charge in [0.05, 0.1) is 5.69 Å². The maximum Gasteiger partial charge on any atom is 0.444 e. The minimum absolute atomic E-state index is 0.234. The first-order valence-electron chi connectivity index (χ1n) is 3.88. The van der Waals surface area contributed by atoms with E-state index in [1.165, 1.54) is 0 Å². The average molecular weight is 348 g/mol. The summed E-state index contributed by atoms with van der Waals surface area (Å²) in [6.45, 7) is 1.77. The maximum atomic E-state index is 12.1. The van der Waals surface area contributed by atoms with Crippen LogP contribution in [0, 0.1) is 10.5 Å². The van der Waals surface area contributed by atoms with Gasteiger partial charge in [0, 0.05) is 3.57 Å². The zero-order chi connectivity index (χ0) is 11.6. The van der Waals surface area contributed by atoms with Gasteiger partial charge in [-0.25, -0.2) is 4.99 Å². The normalized spacial score (nSPS) is 13.1. The average Bonchev–Trinajstić information content (AvgIpc) is 2.09. The van der Waals surface area contributed by atoms with Gasteiger partial charge in [-0.2, -0.15) is 13.2 Å². The molecule has 1 rings (SSSR count). The maximum absolute atomic E-state index is 12.1. The second-order valence-electron chi connectivity index (χ2n) is 2.86. The number of rotatable bonds is 1. The second kappa shape index (κ2) is 4.69. The molecule has 0 spiro atoms. The summed E-state index contributed by atoms with van der Waals surface area (Å²) in [5.74, 6) is 0. The van der Waals surface area contributed by atoms with Gasteiger partial charge in [-0.15, -0.1) is 0 Å². The van der Waals surface area contributed by atoms with E-state index < -0.39 is 11.3 Å². The Morgan fingerprint density at radius 2 is 2.00 bits per heavy atom. The number of hydrogen-bond donors (Lipinski definition) is 0. The molecule has 1 aromatic rings. The van der Waals surface area contributed by atoms with Gasteiger partial charge in [-0.1, -0.05) is 17.7 Å². The number of alkyl halides is 3. The van der Waals surface area contributed by atoms with Crippen molar-refractivity contribution in [2.24, 2.45) is 4.99 Å². The largest absolute Gasteiger partial charge is 0.444 e. The fourth-order valence-corrected chi connectivity index (χ4v) is 1.42.